The maximum atomic E-state index is 5.67. The highest BCUT2D eigenvalue weighted by atomic mass is 35.5. The molecule has 1 fully saturated rings. The van der Waals surface area contributed by atoms with Gasteiger partial charge in [-0.15, -0.1) is 0 Å². The lowest BCUT2D eigenvalue weighted by atomic mass is 10.3. The Labute approximate surface area is 93.2 Å². The predicted octanol–water partition coefficient (Wildman–Crippen LogP) is 0.530. The van der Waals surface area contributed by atoms with Gasteiger partial charge in [0.05, 0.1) is 30.1 Å². The average molecular weight is 229 g/mol. The second kappa shape index (κ2) is 5.25. The van der Waals surface area contributed by atoms with Crippen molar-refractivity contribution in [2.75, 3.05) is 31.6 Å². The summed E-state index contributed by atoms with van der Waals surface area (Å²) in [5.41, 5.74) is 0. The molecular formula is C9H13ClN4O. The molecule has 1 aliphatic heterocycles. The van der Waals surface area contributed by atoms with Crippen molar-refractivity contribution in [1.29, 1.82) is 0 Å². The van der Waals surface area contributed by atoms with Gasteiger partial charge >= 0.3 is 0 Å². The Bertz CT molecular complexity index is 299. The van der Waals surface area contributed by atoms with E-state index in [1.54, 1.807) is 12.4 Å². The topological polar surface area (TPSA) is 59.1 Å². The molecule has 5 nitrogen and oxygen atoms in total. The van der Waals surface area contributed by atoms with Gasteiger partial charge in [0.25, 0.3) is 0 Å². The molecule has 0 aliphatic carbocycles. The maximum Gasteiger partial charge on any atom is 0.222 e. The molecule has 1 unspecified atom stereocenters. The Balaban J connectivity index is 1.79. The van der Waals surface area contributed by atoms with E-state index in [1.807, 2.05) is 0 Å². The summed E-state index contributed by atoms with van der Waals surface area (Å²) in [5.74, 6) is 0.577. The number of nitrogens with zero attached hydrogens (tertiary/aromatic N) is 2. The molecule has 0 saturated carbocycles. The minimum Gasteiger partial charge on any atom is -0.374 e. The van der Waals surface area contributed by atoms with Gasteiger partial charge in [-0.2, -0.15) is 0 Å². The van der Waals surface area contributed by atoms with Crippen LogP contribution in [-0.2, 0) is 4.74 Å². The fourth-order valence-electron chi connectivity index (χ4n) is 1.36. The van der Waals surface area contributed by atoms with Crippen LogP contribution in [0.15, 0.2) is 12.4 Å². The number of hydrogen-bond donors (Lipinski definition) is 2. The Kier molecular flexibility index (Phi) is 3.71. The van der Waals surface area contributed by atoms with Gasteiger partial charge < -0.3 is 15.4 Å². The molecule has 2 N–H and O–H groups in total. The predicted molar refractivity (Wildman–Crippen MR) is 58.1 cm³/mol. The third-order valence-electron chi connectivity index (χ3n) is 2.11. The molecule has 1 saturated heterocycles. The minimum absolute atomic E-state index is 0.179. The fraction of sp³-hybridized carbons (Fsp3) is 0.556. The summed E-state index contributed by atoms with van der Waals surface area (Å²) in [4.78, 5) is 8.07. The monoisotopic (exact) mass is 228 g/mol. The number of anilines is 1. The summed E-state index contributed by atoms with van der Waals surface area (Å²) < 4.78 is 5.52. The van der Waals surface area contributed by atoms with E-state index >= 15 is 0 Å². The molecule has 0 aromatic carbocycles. The zero-order chi connectivity index (χ0) is 10.5. The zero-order valence-electron chi connectivity index (χ0n) is 8.24. The van der Waals surface area contributed by atoms with Gasteiger partial charge in [-0.3, -0.25) is 0 Å². The van der Waals surface area contributed by atoms with E-state index in [0.717, 1.165) is 19.7 Å². The number of halogens is 1. The van der Waals surface area contributed by atoms with Crippen molar-refractivity contribution in [3.05, 3.63) is 17.4 Å². The van der Waals surface area contributed by atoms with Gasteiger partial charge in [0.2, 0.25) is 5.95 Å². The van der Waals surface area contributed by atoms with Gasteiger partial charge in [0, 0.05) is 19.6 Å². The van der Waals surface area contributed by atoms with Crippen LogP contribution in [0.3, 0.4) is 0 Å². The van der Waals surface area contributed by atoms with Crippen molar-refractivity contribution >= 4 is 17.5 Å². The molecule has 0 radical (unpaired) electrons. The van der Waals surface area contributed by atoms with Crippen LogP contribution in [0.1, 0.15) is 0 Å². The van der Waals surface area contributed by atoms with Crippen LogP contribution in [0, 0.1) is 0 Å². The molecule has 15 heavy (non-hydrogen) atoms. The minimum atomic E-state index is 0.179. The van der Waals surface area contributed by atoms with Crippen LogP contribution in [0.5, 0.6) is 0 Å². The molecule has 6 heteroatoms. The van der Waals surface area contributed by atoms with E-state index in [1.165, 1.54) is 0 Å². The molecule has 1 aromatic rings. The van der Waals surface area contributed by atoms with E-state index < -0.39 is 0 Å². The highest BCUT2D eigenvalue weighted by Gasteiger charge is 2.12. The highest BCUT2D eigenvalue weighted by molar-refractivity contribution is 6.30. The third-order valence-corrected chi connectivity index (χ3v) is 2.31. The molecule has 0 amide bonds. The number of rotatable bonds is 3. The second-order valence-electron chi connectivity index (χ2n) is 3.30. The van der Waals surface area contributed by atoms with Gasteiger partial charge in [-0.25, -0.2) is 9.97 Å². The summed E-state index contributed by atoms with van der Waals surface area (Å²) in [5, 5.41) is 6.89. The molecule has 1 atom stereocenters. The quantitative estimate of drug-likeness (QED) is 0.791. The second-order valence-corrected chi connectivity index (χ2v) is 3.74. The maximum absolute atomic E-state index is 5.67. The summed E-state index contributed by atoms with van der Waals surface area (Å²) >= 11 is 5.67. The summed E-state index contributed by atoms with van der Waals surface area (Å²) in [6.07, 6.45) is 3.31. The lowest BCUT2D eigenvalue weighted by Crippen LogP contribution is -2.42. The lowest BCUT2D eigenvalue weighted by Gasteiger charge is -2.23. The summed E-state index contributed by atoms with van der Waals surface area (Å²) in [6, 6.07) is 0. The number of aromatic nitrogens is 2. The van der Waals surface area contributed by atoms with Crippen LogP contribution < -0.4 is 10.6 Å². The van der Waals surface area contributed by atoms with Crippen molar-refractivity contribution in [2.45, 2.75) is 6.10 Å². The van der Waals surface area contributed by atoms with E-state index in [-0.39, 0.29) is 6.10 Å². The number of morpholine rings is 1. The molecule has 0 bridgehead atoms. The number of hydrogen-bond acceptors (Lipinski definition) is 5. The van der Waals surface area contributed by atoms with Crippen molar-refractivity contribution in [1.82, 2.24) is 15.3 Å². The third kappa shape index (κ3) is 3.30. The number of nitrogens with one attached hydrogen (secondary N) is 2. The van der Waals surface area contributed by atoms with Crippen molar-refractivity contribution in [3.8, 4) is 0 Å². The van der Waals surface area contributed by atoms with Gasteiger partial charge in [0.1, 0.15) is 0 Å². The Morgan fingerprint density at radius 1 is 1.53 bits per heavy atom. The van der Waals surface area contributed by atoms with Gasteiger partial charge in [-0.05, 0) is 0 Å². The summed E-state index contributed by atoms with van der Waals surface area (Å²) in [6.45, 7) is 3.25. The van der Waals surface area contributed by atoms with Crippen molar-refractivity contribution in [3.63, 3.8) is 0 Å². The molecular weight excluding hydrogens is 216 g/mol. The molecule has 2 rings (SSSR count). The van der Waals surface area contributed by atoms with E-state index in [4.69, 9.17) is 16.3 Å². The first-order chi connectivity index (χ1) is 7.34. The Hall–Kier alpha value is -0.910. The standard InChI is InChI=1S/C9H13ClN4O/c10-7-3-12-9(13-4-7)14-6-8-5-11-1-2-15-8/h3-4,8,11H,1-2,5-6H2,(H,12,13,14). The molecule has 0 spiro atoms. The first kappa shape index (κ1) is 10.6. The smallest absolute Gasteiger partial charge is 0.222 e. The molecule has 2 heterocycles. The van der Waals surface area contributed by atoms with Crippen molar-refractivity contribution < 1.29 is 4.74 Å². The first-order valence-electron chi connectivity index (χ1n) is 4.88. The highest BCUT2D eigenvalue weighted by Crippen LogP contribution is 2.06. The van der Waals surface area contributed by atoms with Gasteiger partial charge in [-0.1, -0.05) is 11.6 Å². The van der Waals surface area contributed by atoms with Crippen molar-refractivity contribution in [2.24, 2.45) is 0 Å². The Morgan fingerprint density at radius 3 is 3.00 bits per heavy atom. The molecule has 1 aromatic heterocycles. The lowest BCUT2D eigenvalue weighted by molar-refractivity contribution is 0.0371. The van der Waals surface area contributed by atoms with Crippen LogP contribution >= 0.6 is 11.6 Å². The van der Waals surface area contributed by atoms with Crippen LogP contribution in [0.2, 0.25) is 5.02 Å². The Morgan fingerprint density at radius 2 is 2.33 bits per heavy atom. The van der Waals surface area contributed by atoms with Crippen LogP contribution in [-0.4, -0.2) is 42.3 Å². The molecule has 82 valence electrons. The average Bonchev–Trinajstić information content (AvgIpc) is 2.30. The normalized spacial score (nSPS) is 21.3. The van der Waals surface area contributed by atoms with Crippen LogP contribution in [0.25, 0.3) is 0 Å². The van der Waals surface area contributed by atoms with Gasteiger partial charge in [0.15, 0.2) is 0 Å². The zero-order valence-corrected chi connectivity index (χ0v) is 9.00. The fourth-order valence-corrected chi connectivity index (χ4v) is 1.46. The van der Waals surface area contributed by atoms with E-state index in [0.29, 0.717) is 17.5 Å². The largest absolute Gasteiger partial charge is 0.374 e. The number of ether oxygens (including phenoxy) is 1. The SMILES string of the molecule is Clc1cnc(NCC2CNCCO2)nc1. The van der Waals surface area contributed by atoms with E-state index in [2.05, 4.69) is 20.6 Å². The molecule has 1 aliphatic rings. The summed E-state index contributed by atoms with van der Waals surface area (Å²) in [7, 11) is 0. The van der Waals surface area contributed by atoms with E-state index in [9.17, 15) is 0 Å². The van der Waals surface area contributed by atoms with Crippen LogP contribution in [0.4, 0.5) is 5.95 Å². The first-order valence-corrected chi connectivity index (χ1v) is 5.26.